The van der Waals surface area contributed by atoms with Gasteiger partial charge in [0.1, 0.15) is 0 Å². The van der Waals surface area contributed by atoms with Crippen molar-refractivity contribution in [3.05, 3.63) is 101 Å². The van der Waals surface area contributed by atoms with Gasteiger partial charge in [-0.05, 0) is 42.7 Å². The van der Waals surface area contributed by atoms with Gasteiger partial charge >= 0.3 is 0 Å². The molecule has 0 radical (unpaired) electrons. The quantitative estimate of drug-likeness (QED) is 0.586. The van der Waals surface area contributed by atoms with Crippen molar-refractivity contribution in [2.24, 2.45) is 5.92 Å². The van der Waals surface area contributed by atoms with E-state index in [0.717, 1.165) is 24.1 Å². The van der Waals surface area contributed by atoms with Gasteiger partial charge in [-0.2, -0.15) is 0 Å². The Labute approximate surface area is 175 Å². The van der Waals surface area contributed by atoms with Gasteiger partial charge in [-0.25, -0.2) is 0 Å². The number of rotatable bonds is 7. The summed E-state index contributed by atoms with van der Waals surface area (Å²) in [4.78, 5) is 36.8. The summed E-state index contributed by atoms with van der Waals surface area (Å²) >= 11 is 0. The number of benzene rings is 3. The van der Waals surface area contributed by atoms with Crippen molar-refractivity contribution >= 4 is 23.3 Å². The first-order valence-electron chi connectivity index (χ1n) is 9.98. The Morgan fingerprint density at radius 2 is 1.43 bits per heavy atom. The van der Waals surface area contributed by atoms with Crippen molar-refractivity contribution in [3.63, 3.8) is 0 Å². The van der Waals surface area contributed by atoms with E-state index in [4.69, 9.17) is 0 Å². The van der Waals surface area contributed by atoms with E-state index in [0.29, 0.717) is 23.2 Å². The maximum absolute atomic E-state index is 12.5. The van der Waals surface area contributed by atoms with Gasteiger partial charge < -0.3 is 10.6 Å². The third-order valence-electron chi connectivity index (χ3n) is 5.04. The molecule has 0 heterocycles. The zero-order valence-corrected chi connectivity index (χ0v) is 16.4. The van der Waals surface area contributed by atoms with Crippen LogP contribution in [0.15, 0.2) is 78.9 Å². The largest absolute Gasteiger partial charge is 0.348 e. The minimum atomic E-state index is -0.221. The highest BCUT2D eigenvalue weighted by Crippen LogP contribution is 2.30. The summed E-state index contributed by atoms with van der Waals surface area (Å²) in [5, 5.41) is 5.78. The first kappa shape index (κ1) is 19.6. The molecule has 0 spiro atoms. The van der Waals surface area contributed by atoms with Crippen LogP contribution >= 0.6 is 0 Å². The standard InChI is InChI=1S/C25H22N2O3/c28-23(18-6-2-1-3-7-18)19-9-11-20(12-10-19)24(29)26-16-17-5-4-8-22(15-17)27-25(30)21-13-14-21/h1-12,15,21H,13-14,16H2,(H,26,29)(H,27,30). The van der Waals surface area contributed by atoms with E-state index < -0.39 is 0 Å². The molecule has 2 amide bonds. The molecule has 1 aliphatic carbocycles. The lowest BCUT2D eigenvalue weighted by molar-refractivity contribution is -0.117. The summed E-state index contributed by atoms with van der Waals surface area (Å²) < 4.78 is 0. The van der Waals surface area contributed by atoms with E-state index >= 15 is 0 Å². The first-order chi connectivity index (χ1) is 14.6. The minimum Gasteiger partial charge on any atom is -0.348 e. The van der Waals surface area contributed by atoms with E-state index in [-0.39, 0.29) is 23.5 Å². The molecule has 3 aromatic rings. The fourth-order valence-corrected chi connectivity index (χ4v) is 3.16. The summed E-state index contributed by atoms with van der Waals surface area (Å²) in [5.41, 5.74) is 3.27. The lowest BCUT2D eigenvalue weighted by Gasteiger charge is -2.09. The number of ketones is 1. The Bertz CT molecular complexity index is 1070. The molecule has 0 bridgehead atoms. The van der Waals surface area contributed by atoms with Crippen LogP contribution in [0.1, 0.15) is 44.7 Å². The molecule has 0 atom stereocenters. The molecule has 1 fully saturated rings. The van der Waals surface area contributed by atoms with Crippen molar-refractivity contribution in [1.82, 2.24) is 5.32 Å². The molecule has 5 nitrogen and oxygen atoms in total. The van der Waals surface area contributed by atoms with E-state index in [1.165, 1.54) is 0 Å². The van der Waals surface area contributed by atoms with Crippen LogP contribution in [0, 0.1) is 5.92 Å². The van der Waals surface area contributed by atoms with Crippen molar-refractivity contribution in [1.29, 1.82) is 0 Å². The zero-order chi connectivity index (χ0) is 20.9. The highest BCUT2D eigenvalue weighted by Gasteiger charge is 2.29. The highest BCUT2D eigenvalue weighted by atomic mass is 16.2. The lowest BCUT2D eigenvalue weighted by Crippen LogP contribution is -2.23. The van der Waals surface area contributed by atoms with Crippen LogP contribution in [-0.2, 0) is 11.3 Å². The molecule has 30 heavy (non-hydrogen) atoms. The molecule has 150 valence electrons. The molecule has 2 N–H and O–H groups in total. The van der Waals surface area contributed by atoms with Crippen molar-refractivity contribution in [3.8, 4) is 0 Å². The monoisotopic (exact) mass is 398 g/mol. The predicted molar refractivity (Wildman–Crippen MR) is 115 cm³/mol. The van der Waals surface area contributed by atoms with Crippen LogP contribution in [0.25, 0.3) is 0 Å². The minimum absolute atomic E-state index is 0.0568. The van der Waals surface area contributed by atoms with Crippen LogP contribution in [0.4, 0.5) is 5.69 Å². The number of amides is 2. The van der Waals surface area contributed by atoms with Crippen molar-refractivity contribution in [2.75, 3.05) is 5.32 Å². The van der Waals surface area contributed by atoms with E-state index in [1.807, 2.05) is 42.5 Å². The number of carbonyl (C=O) groups is 3. The number of hydrogen-bond donors (Lipinski definition) is 2. The average Bonchev–Trinajstić information content (AvgIpc) is 3.64. The van der Waals surface area contributed by atoms with Crippen LogP contribution in [0.5, 0.6) is 0 Å². The van der Waals surface area contributed by atoms with Crippen LogP contribution in [0.2, 0.25) is 0 Å². The summed E-state index contributed by atoms with van der Waals surface area (Å²) in [6.07, 6.45) is 1.91. The third kappa shape index (κ3) is 4.81. The van der Waals surface area contributed by atoms with Gasteiger partial charge in [0.25, 0.3) is 5.91 Å². The van der Waals surface area contributed by atoms with E-state index in [1.54, 1.807) is 36.4 Å². The Morgan fingerprint density at radius 3 is 2.13 bits per heavy atom. The van der Waals surface area contributed by atoms with Gasteiger partial charge in [-0.15, -0.1) is 0 Å². The van der Waals surface area contributed by atoms with Gasteiger partial charge in [0.2, 0.25) is 5.91 Å². The Kier molecular flexibility index (Phi) is 5.70. The molecule has 1 saturated carbocycles. The Balaban J connectivity index is 1.35. The molecule has 0 aliphatic heterocycles. The molecule has 4 rings (SSSR count). The number of hydrogen-bond acceptors (Lipinski definition) is 3. The van der Waals surface area contributed by atoms with Crippen molar-refractivity contribution in [2.45, 2.75) is 19.4 Å². The fourth-order valence-electron chi connectivity index (χ4n) is 3.16. The van der Waals surface area contributed by atoms with Gasteiger partial charge in [-0.1, -0.05) is 54.6 Å². The number of carbonyl (C=O) groups excluding carboxylic acids is 3. The second kappa shape index (κ2) is 8.74. The second-order valence-electron chi connectivity index (χ2n) is 7.42. The molecule has 5 heteroatoms. The lowest BCUT2D eigenvalue weighted by atomic mass is 10.0. The average molecular weight is 398 g/mol. The molecular weight excluding hydrogens is 376 g/mol. The third-order valence-corrected chi connectivity index (χ3v) is 5.04. The van der Waals surface area contributed by atoms with E-state index in [9.17, 15) is 14.4 Å². The first-order valence-corrected chi connectivity index (χ1v) is 9.98. The van der Waals surface area contributed by atoms with E-state index in [2.05, 4.69) is 10.6 Å². The van der Waals surface area contributed by atoms with Crippen LogP contribution in [-0.4, -0.2) is 17.6 Å². The van der Waals surface area contributed by atoms with Gasteiger partial charge in [-0.3, -0.25) is 14.4 Å². The SMILES string of the molecule is O=C(NCc1cccc(NC(=O)C2CC2)c1)c1ccc(C(=O)c2ccccc2)cc1. The number of anilines is 1. The second-order valence-corrected chi connectivity index (χ2v) is 7.42. The molecular formula is C25H22N2O3. The number of nitrogens with one attached hydrogen (secondary N) is 2. The predicted octanol–water partition coefficient (Wildman–Crippen LogP) is 4.20. The van der Waals surface area contributed by atoms with Crippen LogP contribution in [0.3, 0.4) is 0 Å². The molecule has 0 saturated heterocycles. The van der Waals surface area contributed by atoms with Gasteiger partial charge in [0.15, 0.2) is 5.78 Å². The van der Waals surface area contributed by atoms with Gasteiger partial charge in [0, 0.05) is 34.8 Å². The summed E-state index contributed by atoms with van der Waals surface area (Å²) in [7, 11) is 0. The fraction of sp³-hybridized carbons (Fsp3) is 0.160. The highest BCUT2D eigenvalue weighted by molar-refractivity contribution is 6.09. The molecule has 3 aromatic carbocycles. The van der Waals surface area contributed by atoms with Crippen LogP contribution < -0.4 is 10.6 Å². The maximum Gasteiger partial charge on any atom is 0.251 e. The summed E-state index contributed by atoms with van der Waals surface area (Å²) in [6, 6.07) is 23.1. The van der Waals surface area contributed by atoms with Crippen molar-refractivity contribution < 1.29 is 14.4 Å². The molecule has 0 unspecified atom stereocenters. The Morgan fingerprint density at radius 1 is 0.767 bits per heavy atom. The maximum atomic E-state index is 12.5. The summed E-state index contributed by atoms with van der Waals surface area (Å²) in [6.45, 7) is 0.344. The topological polar surface area (TPSA) is 75.3 Å². The molecule has 1 aliphatic rings. The summed E-state index contributed by atoms with van der Waals surface area (Å²) in [5.74, 6) is -0.0971. The molecule has 0 aromatic heterocycles. The van der Waals surface area contributed by atoms with Gasteiger partial charge in [0.05, 0.1) is 0 Å². The zero-order valence-electron chi connectivity index (χ0n) is 16.4. The smallest absolute Gasteiger partial charge is 0.251 e. The normalized spacial score (nSPS) is 12.8. The Hall–Kier alpha value is -3.73.